The zero-order chi connectivity index (χ0) is 20.0. The Bertz CT molecular complexity index is 779. The molecule has 3 rings (SSSR count). The number of nitrogens with zero attached hydrogens (tertiary/aromatic N) is 5. The van der Waals surface area contributed by atoms with E-state index in [0.717, 1.165) is 51.2 Å². The lowest BCUT2D eigenvalue weighted by atomic mass is 9.82. The van der Waals surface area contributed by atoms with Crippen molar-refractivity contribution in [2.75, 3.05) is 44.2 Å². The second-order valence-electron chi connectivity index (χ2n) is 7.89. The molecule has 0 amide bonds. The zero-order valence-corrected chi connectivity index (χ0v) is 17.5. The number of guanidine groups is 1. The lowest BCUT2D eigenvalue weighted by Gasteiger charge is -2.37. The molecule has 0 unspecified atom stereocenters. The molecule has 1 fully saturated rings. The van der Waals surface area contributed by atoms with Crippen LogP contribution in [0.25, 0.3) is 0 Å². The van der Waals surface area contributed by atoms with Crippen molar-refractivity contribution in [2.24, 2.45) is 4.99 Å². The molecule has 150 valence electrons. The second kappa shape index (κ2) is 9.04. The summed E-state index contributed by atoms with van der Waals surface area (Å²) in [6.45, 7) is 14.1. The average Bonchev–Trinajstić information content (AvgIpc) is 2.72. The van der Waals surface area contributed by atoms with Crippen LogP contribution in [0, 0.1) is 6.92 Å². The van der Waals surface area contributed by atoms with Gasteiger partial charge in [-0.15, -0.1) is 0 Å². The third kappa shape index (κ3) is 4.80. The summed E-state index contributed by atoms with van der Waals surface area (Å²) in [5.41, 5.74) is 2.68. The highest BCUT2D eigenvalue weighted by molar-refractivity contribution is 5.80. The Labute approximate surface area is 168 Å². The van der Waals surface area contributed by atoms with Crippen LogP contribution in [-0.2, 0) is 5.41 Å². The number of hydrogen-bond donors (Lipinski definition) is 1. The molecule has 0 saturated carbocycles. The van der Waals surface area contributed by atoms with Crippen molar-refractivity contribution < 1.29 is 0 Å². The molecule has 1 saturated heterocycles. The van der Waals surface area contributed by atoms with Crippen LogP contribution in [0.2, 0.25) is 0 Å². The molecule has 28 heavy (non-hydrogen) atoms. The van der Waals surface area contributed by atoms with E-state index in [4.69, 9.17) is 4.99 Å². The molecule has 1 N–H and O–H groups in total. The van der Waals surface area contributed by atoms with Crippen molar-refractivity contribution in [3.05, 3.63) is 53.9 Å². The van der Waals surface area contributed by atoms with E-state index in [9.17, 15) is 0 Å². The van der Waals surface area contributed by atoms with Gasteiger partial charge < -0.3 is 15.1 Å². The van der Waals surface area contributed by atoms with Gasteiger partial charge >= 0.3 is 0 Å². The third-order valence-electron chi connectivity index (χ3n) is 5.25. The zero-order valence-electron chi connectivity index (χ0n) is 17.5. The predicted molar refractivity (Wildman–Crippen MR) is 116 cm³/mol. The van der Waals surface area contributed by atoms with Gasteiger partial charge in [0.25, 0.3) is 0 Å². The van der Waals surface area contributed by atoms with Crippen LogP contribution in [-0.4, -0.2) is 60.1 Å². The normalized spacial score (nSPS) is 15.6. The van der Waals surface area contributed by atoms with Crippen molar-refractivity contribution in [2.45, 2.75) is 33.1 Å². The summed E-state index contributed by atoms with van der Waals surface area (Å²) in [6.07, 6.45) is 3.60. The minimum Gasteiger partial charge on any atom is -0.357 e. The van der Waals surface area contributed by atoms with E-state index >= 15 is 0 Å². The van der Waals surface area contributed by atoms with E-state index in [1.54, 1.807) is 12.4 Å². The van der Waals surface area contributed by atoms with Gasteiger partial charge in [-0.05, 0) is 31.0 Å². The SMILES string of the molecule is CCNC(=NCC(C)(C)c1ccccc1C)N1CCN(c2ncccn2)CC1. The van der Waals surface area contributed by atoms with Crippen molar-refractivity contribution >= 4 is 11.9 Å². The van der Waals surface area contributed by atoms with Gasteiger partial charge in [-0.3, -0.25) is 4.99 Å². The highest BCUT2D eigenvalue weighted by Gasteiger charge is 2.24. The topological polar surface area (TPSA) is 56.7 Å². The smallest absolute Gasteiger partial charge is 0.225 e. The number of anilines is 1. The Morgan fingerprint density at radius 2 is 1.75 bits per heavy atom. The van der Waals surface area contributed by atoms with Crippen molar-refractivity contribution in [1.29, 1.82) is 0 Å². The molecular weight excluding hydrogens is 348 g/mol. The largest absolute Gasteiger partial charge is 0.357 e. The number of aryl methyl sites for hydroxylation is 1. The molecule has 0 spiro atoms. The maximum Gasteiger partial charge on any atom is 0.225 e. The number of rotatable bonds is 5. The first-order valence-corrected chi connectivity index (χ1v) is 10.1. The second-order valence-corrected chi connectivity index (χ2v) is 7.89. The number of hydrogen-bond acceptors (Lipinski definition) is 4. The van der Waals surface area contributed by atoms with Gasteiger partial charge in [-0.25, -0.2) is 9.97 Å². The van der Waals surface area contributed by atoms with Gasteiger partial charge in [0, 0.05) is 50.5 Å². The van der Waals surface area contributed by atoms with Gasteiger partial charge in [0.05, 0.1) is 6.54 Å². The molecule has 6 heteroatoms. The highest BCUT2D eigenvalue weighted by Crippen LogP contribution is 2.26. The van der Waals surface area contributed by atoms with E-state index in [2.05, 4.69) is 77.0 Å². The van der Waals surface area contributed by atoms with Gasteiger partial charge in [0.1, 0.15) is 0 Å². The van der Waals surface area contributed by atoms with Crippen LogP contribution in [0.15, 0.2) is 47.7 Å². The van der Waals surface area contributed by atoms with Crippen molar-refractivity contribution in [1.82, 2.24) is 20.2 Å². The molecular formula is C22H32N6. The molecule has 6 nitrogen and oxygen atoms in total. The van der Waals surface area contributed by atoms with E-state index in [1.165, 1.54) is 11.1 Å². The van der Waals surface area contributed by atoms with Gasteiger partial charge in [-0.2, -0.15) is 0 Å². The summed E-state index contributed by atoms with van der Waals surface area (Å²) < 4.78 is 0. The fourth-order valence-corrected chi connectivity index (χ4v) is 3.69. The van der Waals surface area contributed by atoms with E-state index in [1.807, 2.05) is 6.07 Å². The average molecular weight is 381 g/mol. The fourth-order valence-electron chi connectivity index (χ4n) is 3.69. The van der Waals surface area contributed by atoms with Crippen LogP contribution in [0.5, 0.6) is 0 Å². The lowest BCUT2D eigenvalue weighted by Crippen LogP contribution is -2.53. The number of nitrogens with one attached hydrogen (secondary N) is 1. The summed E-state index contributed by atoms with van der Waals surface area (Å²) in [6, 6.07) is 10.5. The number of aromatic nitrogens is 2. The summed E-state index contributed by atoms with van der Waals surface area (Å²) in [7, 11) is 0. The molecule has 2 aromatic rings. The van der Waals surface area contributed by atoms with Crippen molar-refractivity contribution in [3.63, 3.8) is 0 Å². The lowest BCUT2D eigenvalue weighted by molar-refractivity contribution is 0.368. The first kappa shape index (κ1) is 20.1. The first-order chi connectivity index (χ1) is 13.5. The van der Waals surface area contributed by atoms with Gasteiger partial charge in [-0.1, -0.05) is 38.1 Å². The van der Waals surface area contributed by atoms with Gasteiger partial charge in [0.15, 0.2) is 5.96 Å². The molecule has 1 aromatic heterocycles. The standard InChI is InChI=1S/C22H32N6/c1-5-23-20(26-17-22(3,4)19-10-7-6-9-18(19)2)27-13-15-28(16-14-27)21-24-11-8-12-25-21/h6-12H,5,13-17H2,1-4H3,(H,23,26). The third-order valence-corrected chi connectivity index (χ3v) is 5.25. The summed E-state index contributed by atoms with van der Waals surface area (Å²) in [5, 5.41) is 3.47. The number of benzene rings is 1. The summed E-state index contributed by atoms with van der Waals surface area (Å²) in [5.74, 6) is 1.81. The maximum atomic E-state index is 5.01. The first-order valence-electron chi connectivity index (χ1n) is 10.1. The Hall–Kier alpha value is -2.63. The predicted octanol–water partition coefficient (Wildman–Crippen LogP) is 2.85. The number of piperazine rings is 1. The molecule has 1 aliphatic heterocycles. The number of aliphatic imine (C=N–C) groups is 1. The molecule has 1 aromatic carbocycles. The van der Waals surface area contributed by atoms with Crippen LogP contribution in [0.3, 0.4) is 0 Å². The van der Waals surface area contributed by atoms with Crippen LogP contribution in [0.4, 0.5) is 5.95 Å². The summed E-state index contributed by atoms with van der Waals surface area (Å²) in [4.78, 5) is 18.3. The minimum absolute atomic E-state index is 0.00822. The molecule has 0 bridgehead atoms. The Balaban J connectivity index is 1.67. The fraction of sp³-hybridized carbons (Fsp3) is 0.500. The van der Waals surface area contributed by atoms with E-state index in [-0.39, 0.29) is 5.41 Å². The monoisotopic (exact) mass is 380 g/mol. The van der Waals surface area contributed by atoms with Crippen LogP contribution >= 0.6 is 0 Å². The van der Waals surface area contributed by atoms with Crippen LogP contribution in [0.1, 0.15) is 31.9 Å². The van der Waals surface area contributed by atoms with Crippen LogP contribution < -0.4 is 10.2 Å². The van der Waals surface area contributed by atoms with Crippen molar-refractivity contribution in [3.8, 4) is 0 Å². The Morgan fingerprint density at radius 3 is 2.39 bits per heavy atom. The highest BCUT2D eigenvalue weighted by atomic mass is 15.4. The quantitative estimate of drug-likeness (QED) is 0.638. The Morgan fingerprint density at radius 1 is 1.07 bits per heavy atom. The van der Waals surface area contributed by atoms with E-state index < -0.39 is 0 Å². The molecule has 2 heterocycles. The molecule has 0 atom stereocenters. The maximum absolute atomic E-state index is 5.01. The molecule has 0 radical (unpaired) electrons. The summed E-state index contributed by atoms with van der Waals surface area (Å²) >= 11 is 0. The molecule has 1 aliphatic rings. The van der Waals surface area contributed by atoms with E-state index in [0.29, 0.717) is 0 Å². The minimum atomic E-state index is -0.00822. The Kier molecular flexibility index (Phi) is 6.49. The van der Waals surface area contributed by atoms with Gasteiger partial charge in [0.2, 0.25) is 5.95 Å². The molecule has 0 aliphatic carbocycles.